The molecule has 0 fully saturated rings. The molecule has 3 heterocycles. The first-order valence-electron chi connectivity index (χ1n) is 4.74. The number of nitrogens with zero attached hydrogens (tertiary/aromatic N) is 5. The molecule has 0 spiro atoms. The normalized spacial score (nSPS) is 10.9. The number of hydrogen-bond acceptors (Lipinski definition) is 4. The van der Waals surface area contributed by atoms with E-state index in [0.29, 0.717) is 16.9 Å². The van der Waals surface area contributed by atoms with Crippen molar-refractivity contribution in [3.05, 3.63) is 41.0 Å². The summed E-state index contributed by atoms with van der Waals surface area (Å²) in [5, 5.41) is 5.18. The van der Waals surface area contributed by atoms with Crippen molar-refractivity contribution < 1.29 is 0 Å². The fourth-order valence-electron chi connectivity index (χ4n) is 1.50. The Balaban J connectivity index is 2.32. The molecule has 0 aliphatic heterocycles. The number of aromatic nitrogens is 5. The van der Waals surface area contributed by atoms with Crippen LogP contribution in [0.15, 0.2) is 30.6 Å². The van der Waals surface area contributed by atoms with Crippen molar-refractivity contribution in [2.45, 2.75) is 0 Å². The highest BCUT2D eigenvalue weighted by atomic mass is 35.5. The summed E-state index contributed by atoms with van der Waals surface area (Å²) >= 11 is 11.7. The maximum absolute atomic E-state index is 5.95. The molecule has 0 atom stereocenters. The largest absolute Gasteiger partial charge is 0.237 e. The number of fused-ring (bicyclic) bond motifs is 1. The third-order valence-corrected chi connectivity index (χ3v) is 2.68. The van der Waals surface area contributed by atoms with Gasteiger partial charge in [0.05, 0.1) is 11.6 Å². The van der Waals surface area contributed by atoms with Crippen molar-refractivity contribution in [1.82, 2.24) is 24.7 Å². The molecule has 3 rings (SSSR count). The minimum Gasteiger partial charge on any atom is -0.237 e. The average Bonchev–Trinajstić information content (AvgIpc) is 2.74. The van der Waals surface area contributed by atoms with Crippen molar-refractivity contribution in [2.75, 3.05) is 0 Å². The molecule has 0 amide bonds. The predicted molar refractivity (Wildman–Crippen MR) is 64.5 cm³/mol. The van der Waals surface area contributed by atoms with Gasteiger partial charge in [-0.25, -0.2) is 9.97 Å². The van der Waals surface area contributed by atoms with E-state index in [1.807, 2.05) is 18.2 Å². The third kappa shape index (κ3) is 1.73. The van der Waals surface area contributed by atoms with Crippen molar-refractivity contribution >= 4 is 34.2 Å². The first kappa shape index (κ1) is 10.4. The van der Waals surface area contributed by atoms with Gasteiger partial charge in [-0.15, -0.1) is 0 Å². The van der Waals surface area contributed by atoms with E-state index >= 15 is 0 Å². The maximum atomic E-state index is 5.95. The van der Waals surface area contributed by atoms with Crippen LogP contribution in [0.5, 0.6) is 0 Å². The van der Waals surface area contributed by atoms with Gasteiger partial charge in [0, 0.05) is 6.20 Å². The van der Waals surface area contributed by atoms with Gasteiger partial charge < -0.3 is 0 Å². The van der Waals surface area contributed by atoms with Crippen LogP contribution in [-0.4, -0.2) is 24.7 Å². The summed E-state index contributed by atoms with van der Waals surface area (Å²) in [6, 6.07) is 5.50. The van der Waals surface area contributed by atoms with E-state index in [2.05, 4.69) is 20.1 Å². The molecule has 0 bridgehead atoms. The Morgan fingerprint density at radius 2 is 2.00 bits per heavy atom. The van der Waals surface area contributed by atoms with Crippen LogP contribution in [0.1, 0.15) is 0 Å². The van der Waals surface area contributed by atoms with E-state index in [-0.39, 0.29) is 10.4 Å². The zero-order chi connectivity index (χ0) is 11.8. The van der Waals surface area contributed by atoms with Crippen molar-refractivity contribution in [3.8, 4) is 5.82 Å². The molecule has 7 heteroatoms. The molecule has 5 nitrogen and oxygen atoms in total. The van der Waals surface area contributed by atoms with E-state index < -0.39 is 0 Å². The van der Waals surface area contributed by atoms with Gasteiger partial charge in [0.1, 0.15) is 5.15 Å². The summed E-state index contributed by atoms with van der Waals surface area (Å²) in [6.45, 7) is 0. The Labute approximate surface area is 106 Å². The highest BCUT2D eigenvalue weighted by Crippen LogP contribution is 2.22. The van der Waals surface area contributed by atoms with E-state index in [4.69, 9.17) is 23.2 Å². The number of hydrogen-bond donors (Lipinski definition) is 0. The molecule has 0 aliphatic carbocycles. The van der Waals surface area contributed by atoms with Crippen molar-refractivity contribution in [3.63, 3.8) is 0 Å². The molecule has 84 valence electrons. The lowest BCUT2D eigenvalue weighted by Gasteiger charge is -2.01. The standard InChI is InChI=1S/C10H5Cl2N5/c11-8-6-5-14-17(7-3-1-2-4-13-7)9(6)16-10(12)15-8/h1-5H. The highest BCUT2D eigenvalue weighted by molar-refractivity contribution is 6.35. The smallest absolute Gasteiger partial charge is 0.225 e. The predicted octanol–water partition coefficient (Wildman–Crippen LogP) is 2.52. The summed E-state index contributed by atoms with van der Waals surface area (Å²) in [5.41, 5.74) is 0.536. The van der Waals surface area contributed by atoms with Gasteiger partial charge in [0.25, 0.3) is 0 Å². The molecular formula is C10H5Cl2N5. The van der Waals surface area contributed by atoms with Gasteiger partial charge in [-0.3, -0.25) is 0 Å². The molecule has 0 radical (unpaired) electrons. The zero-order valence-electron chi connectivity index (χ0n) is 8.38. The van der Waals surface area contributed by atoms with E-state index in [1.165, 1.54) is 0 Å². The Bertz CT molecular complexity index is 680. The monoisotopic (exact) mass is 265 g/mol. The summed E-state index contributed by atoms with van der Waals surface area (Å²) < 4.78 is 1.56. The van der Waals surface area contributed by atoms with Crippen molar-refractivity contribution in [2.24, 2.45) is 0 Å². The highest BCUT2D eigenvalue weighted by Gasteiger charge is 2.12. The maximum Gasteiger partial charge on any atom is 0.225 e. The first-order chi connectivity index (χ1) is 8.25. The molecule has 17 heavy (non-hydrogen) atoms. The summed E-state index contributed by atoms with van der Waals surface area (Å²) in [6.07, 6.45) is 3.26. The molecule has 3 aromatic rings. The molecule has 0 saturated carbocycles. The Kier molecular flexibility index (Phi) is 2.42. The molecule has 3 aromatic heterocycles. The van der Waals surface area contributed by atoms with Crippen LogP contribution >= 0.6 is 23.2 Å². The quantitative estimate of drug-likeness (QED) is 0.501. The molecule has 0 N–H and O–H groups in total. The molecular weight excluding hydrogens is 261 g/mol. The SMILES string of the molecule is Clc1nc(Cl)c2cnn(-c3ccccn3)c2n1. The van der Waals surface area contributed by atoms with Crippen LogP contribution in [0, 0.1) is 0 Å². The summed E-state index contributed by atoms with van der Waals surface area (Å²) in [5.74, 6) is 0.647. The Morgan fingerprint density at radius 1 is 1.12 bits per heavy atom. The first-order valence-corrected chi connectivity index (χ1v) is 5.49. The van der Waals surface area contributed by atoms with E-state index in [9.17, 15) is 0 Å². The van der Waals surface area contributed by atoms with E-state index in [1.54, 1.807) is 17.1 Å². The minimum atomic E-state index is 0.0835. The summed E-state index contributed by atoms with van der Waals surface area (Å²) in [4.78, 5) is 12.1. The van der Waals surface area contributed by atoms with Gasteiger partial charge in [0.2, 0.25) is 5.28 Å². The fraction of sp³-hybridized carbons (Fsp3) is 0. The van der Waals surface area contributed by atoms with Gasteiger partial charge in [0.15, 0.2) is 11.5 Å². The Hall–Kier alpha value is -1.72. The van der Waals surface area contributed by atoms with Crippen LogP contribution in [-0.2, 0) is 0 Å². The van der Waals surface area contributed by atoms with E-state index in [0.717, 1.165) is 0 Å². The molecule has 0 aromatic carbocycles. The van der Waals surface area contributed by atoms with Gasteiger partial charge in [-0.2, -0.15) is 14.8 Å². The lowest BCUT2D eigenvalue weighted by atomic mass is 10.4. The molecule has 0 saturated heterocycles. The molecule has 0 aliphatic rings. The van der Waals surface area contributed by atoms with Crippen molar-refractivity contribution in [1.29, 1.82) is 0 Å². The number of halogens is 2. The average molecular weight is 266 g/mol. The second-order valence-electron chi connectivity index (χ2n) is 3.27. The van der Waals surface area contributed by atoms with Crippen LogP contribution in [0.3, 0.4) is 0 Å². The number of pyridine rings is 1. The number of rotatable bonds is 1. The summed E-state index contributed by atoms with van der Waals surface area (Å²) in [7, 11) is 0. The fourth-order valence-corrected chi connectivity index (χ4v) is 1.92. The van der Waals surface area contributed by atoms with Crippen LogP contribution in [0.4, 0.5) is 0 Å². The van der Waals surface area contributed by atoms with Crippen LogP contribution < -0.4 is 0 Å². The zero-order valence-corrected chi connectivity index (χ0v) is 9.89. The van der Waals surface area contributed by atoms with Gasteiger partial charge in [-0.05, 0) is 23.7 Å². The molecule has 0 unspecified atom stereocenters. The second-order valence-corrected chi connectivity index (χ2v) is 3.96. The van der Waals surface area contributed by atoms with Crippen LogP contribution in [0.2, 0.25) is 10.4 Å². The Morgan fingerprint density at radius 3 is 2.76 bits per heavy atom. The van der Waals surface area contributed by atoms with Crippen LogP contribution in [0.25, 0.3) is 16.9 Å². The minimum absolute atomic E-state index is 0.0835. The van der Waals surface area contributed by atoms with Gasteiger partial charge >= 0.3 is 0 Å². The topological polar surface area (TPSA) is 56.5 Å². The third-order valence-electron chi connectivity index (χ3n) is 2.22. The lowest BCUT2D eigenvalue weighted by Crippen LogP contribution is -2.00. The lowest BCUT2D eigenvalue weighted by molar-refractivity contribution is 0.861. The second kappa shape index (κ2) is 3.94. The van der Waals surface area contributed by atoms with Gasteiger partial charge in [-0.1, -0.05) is 17.7 Å².